The Morgan fingerprint density at radius 2 is 0.603 bits per heavy atom. The zero-order valence-electron chi connectivity index (χ0n) is 74.2. The summed E-state index contributed by atoms with van der Waals surface area (Å²) < 4.78 is 34.1. The molecular weight excluding hydrogens is 2320 g/mol. The number of carbonyl (C=O) groups is 10. The van der Waals surface area contributed by atoms with Gasteiger partial charge in [0.1, 0.15) is 88.8 Å². The van der Waals surface area contributed by atoms with Crippen molar-refractivity contribution in [3.8, 4) is 28.7 Å². The average Bonchev–Trinajstić information content (AvgIpc) is 0.840. The van der Waals surface area contributed by atoms with E-state index in [-0.39, 0.29) is 28.0 Å². The molecule has 0 aliphatic heterocycles. The molecular formula is C96H100Br8Cl2N10O20. The molecule has 5 amide bonds. The van der Waals surface area contributed by atoms with Crippen LogP contribution in [-0.2, 0) is 57.0 Å². The lowest BCUT2D eigenvalue weighted by Gasteiger charge is -2.27. The van der Waals surface area contributed by atoms with Crippen molar-refractivity contribution in [2.24, 2.45) is 0 Å². The second-order valence-corrected chi connectivity index (χ2v) is 37.8. The van der Waals surface area contributed by atoms with Crippen molar-refractivity contribution in [2.45, 2.75) is 125 Å². The van der Waals surface area contributed by atoms with Crippen molar-refractivity contribution in [2.75, 3.05) is 72.4 Å². The Hall–Kier alpha value is -10.7. The van der Waals surface area contributed by atoms with Gasteiger partial charge in [0.15, 0.2) is 5.75 Å². The van der Waals surface area contributed by atoms with E-state index in [0.29, 0.717) is 126 Å². The number of rotatable bonds is 42. The Kier molecular flexibility index (Phi) is 48.0. The lowest BCUT2D eigenvalue weighted by molar-refractivity contribution is -0.136. The minimum Gasteiger partial charge on any atom is -0.487 e. The van der Waals surface area contributed by atoms with Gasteiger partial charge in [-0.2, -0.15) is 0 Å². The van der Waals surface area contributed by atoms with Gasteiger partial charge in [-0.1, -0.05) is 97.7 Å². The summed E-state index contributed by atoms with van der Waals surface area (Å²) in [7, 11) is 0. The minimum absolute atomic E-state index is 0.155. The van der Waals surface area contributed by atoms with E-state index in [2.05, 4.69) is 227 Å². The van der Waals surface area contributed by atoms with Crippen LogP contribution < -0.4 is 76.9 Å². The zero-order chi connectivity index (χ0) is 99.7. The van der Waals surface area contributed by atoms with E-state index in [9.17, 15) is 47.9 Å². The van der Waals surface area contributed by atoms with Gasteiger partial charge in [0.2, 0.25) is 0 Å². The fourth-order valence-corrected chi connectivity index (χ4v) is 18.2. The van der Waals surface area contributed by atoms with E-state index >= 15 is 0 Å². The highest BCUT2D eigenvalue weighted by atomic mass is 79.9. The highest BCUT2D eigenvalue weighted by Crippen LogP contribution is 2.41. The Balaban J connectivity index is 0.000000232. The number of ether oxygens (including phenoxy) is 5. The van der Waals surface area contributed by atoms with Crippen molar-refractivity contribution in [3.63, 3.8) is 0 Å². The molecule has 40 heteroatoms. The number of amides is 5. The van der Waals surface area contributed by atoms with E-state index in [1.807, 2.05) is 116 Å². The number of hydrogen-bond donors (Lipinski definition) is 15. The highest BCUT2D eigenvalue weighted by molar-refractivity contribution is 9.12. The van der Waals surface area contributed by atoms with Crippen LogP contribution in [0, 0.1) is 0 Å². The first-order chi connectivity index (χ1) is 64.8. The number of carboxylic acid groups (broad SMARTS) is 5. The average molecular weight is 2420 g/mol. The number of carboxylic acids is 5. The maximum atomic E-state index is 12.0. The van der Waals surface area contributed by atoms with Crippen molar-refractivity contribution >= 4 is 238 Å². The number of halogens is 10. The summed E-state index contributed by atoms with van der Waals surface area (Å²) in [4.78, 5) is 113. The first-order valence-electron chi connectivity index (χ1n) is 42.1. The number of aliphatic carboxylic acids is 5. The Labute approximate surface area is 863 Å². The number of benzene rings is 10. The van der Waals surface area contributed by atoms with Crippen LogP contribution in [0.1, 0.15) is 153 Å². The van der Waals surface area contributed by atoms with Gasteiger partial charge in [-0.25, -0.2) is 0 Å². The van der Waals surface area contributed by atoms with Gasteiger partial charge in [0.05, 0.1) is 45.8 Å². The molecule has 1 atom stereocenters. The van der Waals surface area contributed by atoms with Crippen LogP contribution in [0.5, 0.6) is 28.7 Å². The minimum atomic E-state index is -1.14. The number of carbonyl (C=O) groups excluding carboxylic acids is 5. The SMILES string of the molecule is CC(C)Nc1cccc(COc2c(Br)cc(C(=O)NCC(=O)O)cc2Br)c1.CCC(C)Nc1cccc(COc2c(Br)cc(C(=O)NCC(=O)O)cc2Br)c1.CCCNc1cccc(COc2c(Br)cc(C(=O)NCC(=O)O)cc2Br)c1.CCNc1cccc(COc2c(Cl)cc(C(=O)NCC(=O)O)cc2Cl)c1.O=C(O)CNC(=O)c1cc(Br)c(OCc2cccc(NC3CCC3)c2)c(Br)c1. The first kappa shape index (κ1) is 112. The molecule has 724 valence electrons. The predicted octanol–water partition coefficient (Wildman–Crippen LogP) is 22.1. The van der Waals surface area contributed by atoms with Crippen molar-refractivity contribution < 1.29 is 97.2 Å². The van der Waals surface area contributed by atoms with E-state index in [4.69, 9.17) is 72.4 Å². The van der Waals surface area contributed by atoms with Gasteiger partial charge in [0, 0.05) is 87.5 Å². The molecule has 0 spiro atoms. The molecule has 30 nitrogen and oxygen atoms in total. The Bertz CT molecular complexity index is 5600. The Morgan fingerprint density at radius 1 is 0.346 bits per heavy atom. The van der Waals surface area contributed by atoms with Crippen LogP contribution in [0.3, 0.4) is 0 Å². The van der Waals surface area contributed by atoms with Crippen LogP contribution in [0.15, 0.2) is 218 Å². The molecule has 0 bridgehead atoms. The smallest absolute Gasteiger partial charge is 0.322 e. The zero-order valence-corrected chi connectivity index (χ0v) is 88.4. The molecule has 11 rings (SSSR count). The molecule has 0 saturated heterocycles. The third-order valence-electron chi connectivity index (χ3n) is 18.8. The third-order valence-corrected chi connectivity index (χ3v) is 24.0. The van der Waals surface area contributed by atoms with Crippen molar-refractivity contribution in [1.29, 1.82) is 0 Å². The summed E-state index contributed by atoms with van der Waals surface area (Å²) in [6.45, 7) is 13.7. The summed E-state index contributed by atoms with van der Waals surface area (Å²) >= 11 is 39.6. The number of nitrogens with one attached hydrogen (secondary N) is 10. The summed E-state index contributed by atoms with van der Waals surface area (Å²) in [5.74, 6) is -5.48. The first-order valence-corrected chi connectivity index (χ1v) is 49.2. The van der Waals surface area contributed by atoms with Gasteiger partial charge in [0.25, 0.3) is 29.5 Å². The van der Waals surface area contributed by atoms with Gasteiger partial charge >= 0.3 is 29.8 Å². The highest BCUT2D eigenvalue weighted by Gasteiger charge is 2.23. The van der Waals surface area contributed by atoms with E-state index in [0.717, 1.165) is 82.2 Å². The maximum Gasteiger partial charge on any atom is 0.322 e. The second kappa shape index (κ2) is 58.1. The fraction of sp³-hybridized carbons (Fsp3) is 0.271. The molecule has 1 fully saturated rings. The predicted molar refractivity (Wildman–Crippen MR) is 554 cm³/mol. The molecule has 1 saturated carbocycles. The van der Waals surface area contributed by atoms with Crippen LogP contribution in [0.2, 0.25) is 10.0 Å². The van der Waals surface area contributed by atoms with Crippen LogP contribution in [-0.4, -0.2) is 149 Å². The van der Waals surface area contributed by atoms with E-state index in [1.165, 1.54) is 31.4 Å². The quantitative estimate of drug-likeness (QED) is 0.0169. The number of hydrogen-bond acceptors (Lipinski definition) is 20. The molecule has 15 N–H and O–H groups in total. The maximum absolute atomic E-state index is 12.0. The van der Waals surface area contributed by atoms with E-state index < -0.39 is 92.1 Å². The summed E-state index contributed by atoms with van der Waals surface area (Å²) in [6.07, 6.45) is 5.80. The van der Waals surface area contributed by atoms with E-state index in [1.54, 1.807) is 48.5 Å². The molecule has 136 heavy (non-hydrogen) atoms. The Morgan fingerprint density at radius 3 is 0.868 bits per heavy atom. The topological polar surface area (TPSA) is 438 Å². The molecule has 0 radical (unpaired) electrons. The standard InChI is InChI=1S/C20H20Br2N2O4.C20H22Br2N2O4.2C19H20Br2N2O4.C18H18Cl2N2O4/c21-16-8-13(20(27)23-10-18(25)26)9-17(22)19(16)28-11-12-3-1-6-15(7-12)24-14-4-2-5-14;1-3-12(2)24-15-6-4-5-13(7-15)11-28-19-16(21)8-14(9-17(19)22)20(27)23-10-18(25)26;1-11(2)23-14-5-3-4-12(6-14)10-27-18-15(20)7-13(8-16(18)21)19(26)22-9-17(24)25;1-2-6-22-14-5-3-4-12(7-14)11-27-18-15(20)8-13(9-16(18)21)19(26)23-10-17(24)25;1-2-21-13-5-3-4-11(6-13)10-26-17-14(19)7-12(8-15(17)20)18(25)22-9-16(23)24/h1,3,6-9,14,24H,2,4-5,10-11H2,(H,23,27)(H,25,26);4-9,12,24H,3,10-11H2,1-2H3,(H,23,27)(H,25,26);3-8,11,23H,9-10H2,1-2H3,(H,22,26)(H,24,25);3-5,7-9,22H,2,6,10-11H2,1H3,(H,23,26)(H,24,25);3-8,21H,2,9-10H2,1H3,(H,22,25)(H,23,24). The van der Waals surface area contributed by atoms with Crippen LogP contribution >= 0.6 is 151 Å². The lowest BCUT2D eigenvalue weighted by atomic mass is 9.93. The summed E-state index contributed by atoms with van der Waals surface area (Å²) in [5.41, 5.74) is 11.6. The van der Waals surface area contributed by atoms with Gasteiger partial charge in [-0.3, -0.25) is 47.9 Å². The monoisotopic (exact) mass is 2410 g/mol. The van der Waals surface area contributed by atoms with Crippen molar-refractivity contribution in [3.05, 3.63) is 283 Å². The fourth-order valence-electron chi connectivity index (χ4n) is 12.0. The summed E-state index contributed by atoms with van der Waals surface area (Å²) in [5, 5.41) is 72.0. The molecule has 0 aromatic heterocycles. The summed E-state index contributed by atoms with van der Waals surface area (Å²) in [6, 6.07) is 56.7. The van der Waals surface area contributed by atoms with Crippen molar-refractivity contribution in [1.82, 2.24) is 26.6 Å². The lowest BCUT2D eigenvalue weighted by Crippen LogP contribution is -2.29. The molecule has 0 heterocycles. The largest absolute Gasteiger partial charge is 0.487 e. The van der Waals surface area contributed by atoms with Gasteiger partial charge in [-0.15, -0.1) is 0 Å². The van der Waals surface area contributed by atoms with Gasteiger partial charge < -0.3 is 102 Å². The molecule has 1 unspecified atom stereocenters. The molecule has 1 aliphatic rings. The second-order valence-electron chi connectivity index (χ2n) is 30.2. The molecule has 10 aromatic rings. The van der Waals surface area contributed by atoms with Crippen LogP contribution in [0.25, 0.3) is 0 Å². The molecule has 1 aliphatic carbocycles. The van der Waals surface area contributed by atoms with Crippen LogP contribution in [0.4, 0.5) is 28.4 Å². The third kappa shape index (κ3) is 39.4. The normalized spacial score (nSPS) is 11.3. The van der Waals surface area contributed by atoms with Gasteiger partial charge in [-0.05, 0) is 336 Å². The molecule has 10 aromatic carbocycles. The number of anilines is 5.